The van der Waals surface area contributed by atoms with Crippen molar-refractivity contribution in [1.29, 1.82) is 0 Å². The van der Waals surface area contributed by atoms with E-state index >= 15 is 0 Å². The molecule has 158 valence electrons. The molecule has 0 bridgehead atoms. The summed E-state index contributed by atoms with van der Waals surface area (Å²) in [6, 6.07) is 12.9. The van der Waals surface area contributed by atoms with Gasteiger partial charge in [-0.15, -0.1) is 10.2 Å². The Kier molecular flexibility index (Phi) is 7.78. The third-order valence-corrected chi connectivity index (χ3v) is 7.73. The summed E-state index contributed by atoms with van der Waals surface area (Å²) < 4.78 is 40.4. The van der Waals surface area contributed by atoms with E-state index in [4.69, 9.17) is 11.6 Å². The van der Waals surface area contributed by atoms with Crippen LogP contribution in [0.1, 0.15) is 15.9 Å². The van der Waals surface area contributed by atoms with E-state index in [1.807, 2.05) is 0 Å². The molecule has 0 fully saturated rings. The van der Waals surface area contributed by atoms with Crippen LogP contribution in [0.4, 0.5) is 9.52 Å². The summed E-state index contributed by atoms with van der Waals surface area (Å²) >= 11 is 8.10. The summed E-state index contributed by atoms with van der Waals surface area (Å²) in [5.41, 5.74) is 0.803. The van der Waals surface area contributed by atoms with Crippen LogP contribution in [-0.2, 0) is 15.8 Å². The standard InChI is InChI=1S/C18H16ClFN4O3S3/c19-14-7-3-2-6-13(14)16(25)22-17-23-24-18(29-17)30(26,27)21-9-10-28-11-12-5-1-4-8-15(12)20/h1-8,21H,9-11H2,(H,22,23,25). The van der Waals surface area contributed by atoms with Gasteiger partial charge >= 0.3 is 0 Å². The zero-order chi connectivity index (χ0) is 21.6. The molecule has 1 heterocycles. The van der Waals surface area contributed by atoms with E-state index in [-0.39, 0.29) is 32.4 Å². The van der Waals surface area contributed by atoms with Crippen LogP contribution < -0.4 is 10.0 Å². The molecular formula is C18H16ClFN4O3S3. The minimum atomic E-state index is -3.87. The topological polar surface area (TPSA) is 101 Å². The smallest absolute Gasteiger partial charge is 0.269 e. The number of nitrogens with one attached hydrogen (secondary N) is 2. The van der Waals surface area contributed by atoms with Gasteiger partial charge in [0.25, 0.3) is 15.9 Å². The summed E-state index contributed by atoms with van der Waals surface area (Å²) in [6.07, 6.45) is 0. The second-order valence-corrected chi connectivity index (χ2v) is 10.3. The molecule has 0 radical (unpaired) electrons. The molecule has 0 aliphatic heterocycles. The van der Waals surface area contributed by atoms with Gasteiger partial charge in [-0.1, -0.05) is 53.3 Å². The van der Waals surface area contributed by atoms with Gasteiger partial charge in [-0.05, 0) is 23.8 Å². The Morgan fingerprint density at radius 2 is 1.87 bits per heavy atom. The fraction of sp³-hybridized carbons (Fsp3) is 0.167. The van der Waals surface area contributed by atoms with Gasteiger partial charge in [-0.25, -0.2) is 17.5 Å². The van der Waals surface area contributed by atoms with E-state index < -0.39 is 15.9 Å². The van der Waals surface area contributed by atoms with Crippen molar-refractivity contribution >= 4 is 55.8 Å². The Labute approximate surface area is 186 Å². The number of hydrogen-bond donors (Lipinski definition) is 2. The molecule has 0 atom stereocenters. The van der Waals surface area contributed by atoms with Crippen LogP contribution in [0.3, 0.4) is 0 Å². The third kappa shape index (κ3) is 5.99. The van der Waals surface area contributed by atoms with Gasteiger partial charge in [0.15, 0.2) is 0 Å². The monoisotopic (exact) mass is 486 g/mol. The highest BCUT2D eigenvalue weighted by atomic mass is 35.5. The maximum Gasteiger partial charge on any atom is 0.269 e. The lowest BCUT2D eigenvalue weighted by Gasteiger charge is -2.05. The Balaban J connectivity index is 1.51. The van der Waals surface area contributed by atoms with Crippen molar-refractivity contribution in [2.24, 2.45) is 0 Å². The number of thioether (sulfide) groups is 1. The zero-order valence-corrected chi connectivity index (χ0v) is 18.5. The molecule has 0 saturated carbocycles. The van der Waals surface area contributed by atoms with Crippen molar-refractivity contribution in [2.45, 2.75) is 10.1 Å². The number of rotatable bonds is 9. The van der Waals surface area contributed by atoms with Crippen LogP contribution in [0.5, 0.6) is 0 Å². The van der Waals surface area contributed by atoms with E-state index in [1.54, 1.807) is 36.4 Å². The normalized spacial score (nSPS) is 11.4. The van der Waals surface area contributed by atoms with Crippen LogP contribution in [-0.4, -0.2) is 36.8 Å². The van der Waals surface area contributed by atoms with E-state index in [0.29, 0.717) is 17.1 Å². The molecule has 1 aromatic heterocycles. The lowest BCUT2D eigenvalue weighted by molar-refractivity contribution is 0.102. The average molecular weight is 487 g/mol. The quantitative estimate of drug-likeness (QED) is 0.352. The average Bonchev–Trinajstić information content (AvgIpc) is 3.19. The molecule has 0 aliphatic carbocycles. The molecular weight excluding hydrogens is 471 g/mol. The van der Waals surface area contributed by atoms with Gasteiger partial charge in [0.1, 0.15) is 5.82 Å². The summed E-state index contributed by atoms with van der Waals surface area (Å²) in [6.45, 7) is 0.141. The number of hydrogen-bond acceptors (Lipinski definition) is 7. The summed E-state index contributed by atoms with van der Waals surface area (Å²) in [4.78, 5) is 12.2. The fourth-order valence-corrected chi connectivity index (χ4v) is 5.45. The third-order valence-electron chi connectivity index (χ3n) is 3.73. The number of nitrogens with zero attached hydrogens (tertiary/aromatic N) is 2. The SMILES string of the molecule is O=C(Nc1nnc(S(=O)(=O)NCCSCc2ccccc2F)s1)c1ccccc1Cl. The minimum Gasteiger partial charge on any atom is -0.296 e. The first-order chi connectivity index (χ1) is 14.4. The lowest BCUT2D eigenvalue weighted by Crippen LogP contribution is -2.26. The summed E-state index contributed by atoms with van der Waals surface area (Å²) in [5, 5.41) is 10.1. The largest absolute Gasteiger partial charge is 0.296 e. The molecule has 30 heavy (non-hydrogen) atoms. The van der Waals surface area contributed by atoms with Crippen LogP contribution in [0, 0.1) is 5.82 Å². The number of carbonyl (C=O) groups is 1. The van der Waals surface area contributed by atoms with Crippen LogP contribution in [0.25, 0.3) is 0 Å². The second-order valence-electron chi connectivity index (χ2n) is 5.85. The Hall–Kier alpha value is -2.05. The van der Waals surface area contributed by atoms with Crippen molar-refractivity contribution in [1.82, 2.24) is 14.9 Å². The van der Waals surface area contributed by atoms with E-state index in [0.717, 1.165) is 11.3 Å². The number of halogens is 2. The van der Waals surface area contributed by atoms with Crippen molar-refractivity contribution < 1.29 is 17.6 Å². The maximum atomic E-state index is 13.6. The van der Waals surface area contributed by atoms with E-state index in [2.05, 4.69) is 20.2 Å². The molecule has 2 N–H and O–H groups in total. The fourth-order valence-electron chi connectivity index (χ4n) is 2.29. The van der Waals surface area contributed by atoms with E-state index in [1.165, 1.54) is 23.9 Å². The molecule has 1 amide bonds. The maximum absolute atomic E-state index is 13.6. The van der Waals surface area contributed by atoms with Gasteiger partial charge in [-0.3, -0.25) is 10.1 Å². The number of anilines is 1. The predicted molar refractivity (Wildman–Crippen MR) is 117 cm³/mol. The predicted octanol–water partition coefficient (Wildman–Crippen LogP) is 3.79. The molecule has 3 rings (SSSR count). The first kappa shape index (κ1) is 22.6. The van der Waals surface area contributed by atoms with Gasteiger partial charge in [-0.2, -0.15) is 11.8 Å². The van der Waals surface area contributed by atoms with Gasteiger partial charge in [0.05, 0.1) is 10.6 Å². The number of carbonyl (C=O) groups excluding carboxylic acids is 1. The first-order valence-electron chi connectivity index (χ1n) is 8.57. The molecule has 2 aromatic carbocycles. The van der Waals surface area contributed by atoms with Crippen LogP contribution in [0.15, 0.2) is 52.9 Å². The molecule has 7 nitrogen and oxygen atoms in total. The summed E-state index contributed by atoms with van der Waals surface area (Å²) in [5.74, 6) is 0.0810. The number of amides is 1. The van der Waals surface area contributed by atoms with Gasteiger partial charge in [0.2, 0.25) is 9.47 Å². The van der Waals surface area contributed by atoms with Crippen LogP contribution >= 0.6 is 34.7 Å². The van der Waals surface area contributed by atoms with Crippen molar-refractivity contribution in [3.05, 3.63) is 70.5 Å². The lowest BCUT2D eigenvalue weighted by atomic mass is 10.2. The molecule has 12 heteroatoms. The summed E-state index contributed by atoms with van der Waals surface area (Å²) in [7, 11) is -3.87. The highest BCUT2D eigenvalue weighted by Gasteiger charge is 2.21. The Morgan fingerprint density at radius 3 is 2.63 bits per heavy atom. The highest BCUT2D eigenvalue weighted by Crippen LogP contribution is 2.22. The van der Waals surface area contributed by atoms with Gasteiger partial charge in [0, 0.05) is 18.1 Å². The number of aromatic nitrogens is 2. The Morgan fingerprint density at radius 1 is 1.13 bits per heavy atom. The zero-order valence-electron chi connectivity index (χ0n) is 15.3. The number of benzene rings is 2. The van der Waals surface area contributed by atoms with E-state index in [9.17, 15) is 17.6 Å². The second kappa shape index (κ2) is 10.3. The van der Waals surface area contributed by atoms with Crippen molar-refractivity contribution in [3.8, 4) is 0 Å². The molecule has 0 aliphatic rings. The molecule has 0 spiro atoms. The minimum absolute atomic E-state index is 0.0363. The van der Waals surface area contributed by atoms with Crippen molar-refractivity contribution in [3.63, 3.8) is 0 Å². The first-order valence-corrected chi connectivity index (χ1v) is 12.4. The molecule has 0 unspecified atom stereocenters. The number of sulfonamides is 1. The molecule has 0 saturated heterocycles. The Bertz CT molecular complexity index is 1140. The van der Waals surface area contributed by atoms with Crippen LogP contribution in [0.2, 0.25) is 5.02 Å². The van der Waals surface area contributed by atoms with Gasteiger partial charge < -0.3 is 0 Å². The molecule has 3 aromatic rings. The van der Waals surface area contributed by atoms with Crippen molar-refractivity contribution in [2.75, 3.05) is 17.6 Å². The highest BCUT2D eigenvalue weighted by molar-refractivity contribution is 7.98.